The highest BCUT2D eigenvalue weighted by Gasteiger charge is 2.71. The van der Waals surface area contributed by atoms with Gasteiger partial charge in [-0.25, -0.2) is 8.78 Å². The normalized spacial score (nSPS) is 40.2. The Morgan fingerprint density at radius 2 is 1.55 bits per heavy atom. The van der Waals surface area contributed by atoms with Gasteiger partial charge in [-0.3, -0.25) is 19.2 Å². The molecule has 3 heterocycles. The van der Waals surface area contributed by atoms with Gasteiger partial charge in [0.15, 0.2) is 6.61 Å². The predicted octanol–water partition coefficient (Wildman–Crippen LogP) is 3.98. The van der Waals surface area contributed by atoms with Gasteiger partial charge in [0.2, 0.25) is 5.91 Å². The van der Waals surface area contributed by atoms with Gasteiger partial charge in [-0.05, 0) is 64.7 Å². The topological polar surface area (TPSA) is 99.2 Å². The van der Waals surface area contributed by atoms with E-state index in [2.05, 4.69) is 0 Å². The number of fused-ring (bicyclic) bond motifs is 3. The first-order chi connectivity index (χ1) is 19.0. The van der Waals surface area contributed by atoms with Crippen LogP contribution in [0, 0.1) is 35.5 Å². The molecule has 40 heavy (non-hydrogen) atoms. The van der Waals surface area contributed by atoms with Crippen molar-refractivity contribution in [2.45, 2.75) is 113 Å². The second-order valence-electron chi connectivity index (χ2n) is 13.1. The Kier molecular flexibility index (Phi) is 7.35. The van der Waals surface area contributed by atoms with Crippen molar-refractivity contribution in [1.29, 1.82) is 0 Å². The number of hydrogen-bond acceptors (Lipinski definition) is 8. The van der Waals surface area contributed by atoms with Crippen LogP contribution in [-0.2, 0) is 33.4 Å². The summed E-state index contributed by atoms with van der Waals surface area (Å²) in [4.78, 5) is 55.6. The molecule has 11 heteroatoms. The van der Waals surface area contributed by atoms with Crippen molar-refractivity contribution in [1.82, 2.24) is 4.90 Å². The van der Waals surface area contributed by atoms with E-state index in [0.29, 0.717) is 19.8 Å². The minimum Gasteiger partial charge on any atom is -0.462 e. The van der Waals surface area contributed by atoms with Crippen LogP contribution in [0.2, 0.25) is 0 Å². The first kappa shape index (κ1) is 28.2. The van der Waals surface area contributed by atoms with Crippen LogP contribution in [0.15, 0.2) is 0 Å². The average Bonchev–Trinajstić information content (AvgIpc) is 3.69. The fraction of sp³-hybridized carbons (Fsp3) is 0.862. The average molecular weight is 584 g/mol. The number of halogens is 2. The van der Waals surface area contributed by atoms with E-state index in [9.17, 15) is 28.0 Å². The third-order valence-electron chi connectivity index (χ3n) is 10.1. The number of carbonyl (C=O) groups excluding carboxylic acids is 4. The Morgan fingerprint density at radius 3 is 2.17 bits per heavy atom. The van der Waals surface area contributed by atoms with E-state index in [1.807, 2.05) is 13.8 Å². The number of alkyl halides is 2. The molecule has 8 nitrogen and oxygen atoms in total. The van der Waals surface area contributed by atoms with Gasteiger partial charge in [-0.1, -0.05) is 6.42 Å². The minimum atomic E-state index is -3.16. The monoisotopic (exact) mass is 583 g/mol. The van der Waals surface area contributed by atoms with Crippen molar-refractivity contribution >= 4 is 35.6 Å². The summed E-state index contributed by atoms with van der Waals surface area (Å²) in [5, 5.41) is -0.328. The smallest absolute Gasteiger partial charge is 0.311 e. The van der Waals surface area contributed by atoms with Crippen LogP contribution in [0.4, 0.5) is 8.78 Å². The largest absolute Gasteiger partial charge is 0.462 e. The zero-order valence-corrected chi connectivity index (χ0v) is 24.1. The molecule has 3 saturated carbocycles. The fourth-order valence-electron chi connectivity index (χ4n) is 8.63. The Morgan fingerprint density at radius 1 is 0.925 bits per heavy atom. The molecule has 3 saturated heterocycles. The molecule has 0 spiro atoms. The Balaban J connectivity index is 1.22. The summed E-state index contributed by atoms with van der Waals surface area (Å²) in [6.07, 6.45) is 6.06. The van der Waals surface area contributed by atoms with Crippen LogP contribution in [0.5, 0.6) is 0 Å². The number of thioether (sulfide) groups is 1. The lowest BCUT2D eigenvalue weighted by Crippen LogP contribution is -2.50. The van der Waals surface area contributed by atoms with Crippen LogP contribution in [0.1, 0.15) is 72.1 Å². The second kappa shape index (κ2) is 10.4. The third-order valence-corrected chi connectivity index (χ3v) is 11.9. The van der Waals surface area contributed by atoms with Crippen molar-refractivity contribution in [3.63, 3.8) is 0 Å². The summed E-state index contributed by atoms with van der Waals surface area (Å²) >= 11 is 1.53. The van der Waals surface area contributed by atoms with E-state index in [0.717, 1.165) is 38.5 Å². The van der Waals surface area contributed by atoms with Crippen molar-refractivity contribution in [3.8, 4) is 0 Å². The molecule has 3 aliphatic heterocycles. The first-order valence-corrected chi connectivity index (χ1v) is 15.8. The number of esters is 3. The van der Waals surface area contributed by atoms with Crippen molar-refractivity contribution in [2.75, 3.05) is 6.61 Å². The summed E-state index contributed by atoms with van der Waals surface area (Å²) in [6.45, 7) is 3.50. The number of nitrogens with zero attached hydrogens (tertiary/aromatic N) is 1. The summed E-state index contributed by atoms with van der Waals surface area (Å²) in [5.74, 6) is -8.11. The van der Waals surface area contributed by atoms with Crippen LogP contribution >= 0.6 is 11.8 Å². The van der Waals surface area contributed by atoms with Crippen molar-refractivity contribution in [3.05, 3.63) is 0 Å². The van der Waals surface area contributed by atoms with E-state index in [1.165, 1.54) is 11.8 Å². The molecule has 10 atom stereocenters. The summed E-state index contributed by atoms with van der Waals surface area (Å²) in [6, 6.07) is -0.449. The molecule has 0 aromatic heterocycles. The molecule has 0 aromatic carbocycles. The summed E-state index contributed by atoms with van der Waals surface area (Å²) in [5.41, 5.74) is 0. The van der Waals surface area contributed by atoms with Gasteiger partial charge < -0.3 is 19.1 Å². The molecule has 0 radical (unpaired) electrons. The summed E-state index contributed by atoms with van der Waals surface area (Å²) < 4.78 is 43.9. The number of carbonyl (C=O) groups is 4. The molecular formula is C29H39F2NO7S. The Bertz CT molecular complexity index is 1060. The zero-order chi connectivity index (χ0) is 28.5. The van der Waals surface area contributed by atoms with E-state index in [1.54, 1.807) is 4.90 Å². The van der Waals surface area contributed by atoms with Gasteiger partial charge in [0.05, 0.1) is 29.7 Å². The number of likely N-dealkylation sites (tertiary alicyclic amines) is 1. The second-order valence-corrected chi connectivity index (χ2v) is 14.5. The SMILES string of the molecule is CC(C)N1C(=O)C2C3CC(C(OC(=O)C4C5CCC(S5)C4C(=O)OCC(C)(F)F)C31)C2C(=O)OC1CCCCC1. The van der Waals surface area contributed by atoms with Gasteiger partial charge in [0.1, 0.15) is 12.2 Å². The fourth-order valence-corrected chi connectivity index (χ4v) is 10.5. The molecule has 0 N–H and O–H groups in total. The van der Waals surface area contributed by atoms with Gasteiger partial charge in [0.25, 0.3) is 5.92 Å². The maximum absolute atomic E-state index is 13.8. The van der Waals surface area contributed by atoms with Crippen LogP contribution in [0.25, 0.3) is 0 Å². The molecular weight excluding hydrogens is 544 g/mol. The highest BCUT2D eigenvalue weighted by atomic mass is 32.2. The zero-order valence-electron chi connectivity index (χ0n) is 23.3. The van der Waals surface area contributed by atoms with E-state index >= 15 is 0 Å². The third kappa shape index (κ3) is 4.71. The molecule has 0 aromatic rings. The van der Waals surface area contributed by atoms with E-state index in [4.69, 9.17) is 14.2 Å². The number of ether oxygens (including phenoxy) is 3. The number of hydrogen-bond donors (Lipinski definition) is 0. The molecule has 6 aliphatic rings. The molecule has 1 amide bonds. The summed E-state index contributed by atoms with van der Waals surface area (Å²) in [7, 11) is 0. The van der Waals surface area contributed by atoms with Crippen LogP contribution in [-0.4, -0.2) is 76.0 Å². The number of amides is 1. The van der Waals surface area contributed by atoms with E-state index < -0.39 is 54.2 Å². The molecule has 4 bridgehead atoms. The first-order valence-electron chi connectivity index (χ1n) is 14.9. The Hall–Kier alpha value is -1.91. The van der Waals surface area contributed by atoms with Crippen LogP contribution in [0.3, 0.4) is 0 Å². The molecule has 222 valence electrons. The molecule has 3 aliphatic carbocycles. The van der Waals surface area contributed by atoms with Crippen molar-refractivity contribution < 1.29 is 42.2 Å². The lowest BCUT2D eigenvalue weighted by Gasteiger charge is -2.37. The quantitative estimate of drug-likeness (QED) is 0.313. The van der Waals surface area contributed by atoms with Crippen molar-refractivity contribution in [2.24, 2.45) is 35.5 Å². The van der Waals surface area contributed by atoms with Gasteiger partial charge in [0, 0.05) is 29.4 Å². The number of rotatable bonds is 8. The highest BCUT2D eigenvalue weighted by Crippen LogP contribution is 2.61. The molecule has 6 rings (SSSR count). The lowest BCUT2D eigenvalue weighted by atomic mass is 9.77. The molecule has 10 unspecified atom stereocenters. The minimum absolute atomic E-state index is 0.0749. The van der Waals surface area contributed by atoms with Gasteiger partial charge in [-0.2, -0.15) is 11.8 Å². The van der Waals surface area contributed by atoms with Crippen LogP contribution < -0.4 is 0 Å². The maximum atomic E-state index is 13.8. The lowest BCUT2D eigenvalue weighted by molar-refractivity contribution is -0.175. The Labute approximate surface area is 237 Å². The maximum Gasteiger partial charge on any atom is 0.311 e. The standard InChI is InChI=1S/C29H39F2NO7S/c1-13(2)32-23-15-11-16(20(19(15)25(32)33)27(35)38-14-7-5-4-6-8-14)24(23)39-28(36)22-18-10-9-17(40-18)21(22)26(34)37-12-29(3,30)31/h13-24H,4-12H2,1-3H3. The molecule has 6 fully saturated rings. The predicted molar refractivity (Wildman–Crippen MR) is 140 cm³/mol. The van der Waals surface area contributed by atoms with E-state index in [-0.39, 0.29) is 52.4 Å². The van der Waals surface area contributed by atoms with Gasteiger partial charge in [-0.15, -0.1) is 0 Å². The highest BCUT2D eigenvalue weighted by molar-refractivity contribution is 8.01. The van der Waals surface area contributed by atoms with Gasteiger partial charge >= 0.3 is 17.9 Å².